The number of alkyl halides is 3. The van der Waals surface area contributed by atoms with Gasteiger partial charge in [0.1, 0.15) is 6.10 Å². The molecule has 0 aromatic heterocycles. The first-order valence-electron chi connectivity index (χ1n) is 13.5. The number of aryl methyl sites for hydroxylation is 1. The molecule has 3 aliphatic carbocycles. The minimum atomic E-state index is -4.60. The third-order valence-corrected chi connectivity index (χ3v) is 10.7. The van der Waals surface area contributed by atoms with Crippen molar-refractivity contribution in [3.63, 3.8) is 0 Å². The Labute approximate surface area is 223 Å². The first-order chi connectivity index (χ1) is 17.5. The van der Waals surface area contributed by atoms with Crippen LogP contribution in [0.5, 0.6) is 0 Å². The van der Waals surface area contributed by atoms with Gasteiger partial charge < -0.3 is 10.2 Å². The van der Waals surface area contributed by atoms with Crippen molar-refractivity contribution in [1.82, 2.24) is 0 Å². The van der Waals surface area contributed by atoms with Crippen molar-refractivity contribution in [2.45, 2.75) is 102 Å². The van der Waals surface area contributed by atoms with Crippen LogP contribution in [0.4, 0.5) is 18.9 Å². The molecular weight excluding hydrogens is 519 g/mol. The average molecular weight is 560 g/mol. The lowest BCUT2D eigenvalue weighted by atomic mass is 9.43. The Kier molecular flexibility index (Phi) is 7.80. The Morgan fingerprint density at radius 3 is 2.55 bits per heavy atom. The highest BCUT2D eigenvalue weighted by molar-refractivity contribution is 7.87. The number of nitrogens with one attached hydrogen (secondary N) is 1. The van der Waals surface area contributed by atoms with E-state index in [0.29, 0.717) is 31.4 Å². The SMILES string of the molecule is C=CC12CCc3cc(NS(=O)(=O)O)ccc3C1[C@@H](CCCCCC(O)C(F)(F)F)C[C@@]1(C)C2CC[C@]1(C)O. The van der Waals surface area contributed by atoms with Crippen molar-refractivity contribution >= 4 is 16.0 Å². The molecule has 10 heteroatoms. The van der Waals surface area contributed by atoms with Gasteiger partial charge in [-0.05, 0) is 104 Å². The molecule has 0 saturated heterocycles. The number of fused-ring (bicyclic) bond motifs is 5. The summed E-state index contributed by atoms with van der Waals surface area (Å²) in [6.07, 6.45) is 1.05. The van der Waals surface area contributed by atoms with E-state index in [2.05, 4.69) is 24.3 Å². The highest BCUT2D eigenvalue weighted by Gasteiger charge is 2.66. The van der Waals surface area contributed by atoms with Crippen molar-refractivity contribution in [2.75, 3.05) is 4.72 Å². The Hall–Kier alpha value is -1.62. The predicted molar refractivity (Wildman–Crippen MR) is 140 cm³/mol. The van der Waals surface area contributed by atoms with Gasteiger partial charge in [-0.3, -0.25) is 9.27 Å². The summed E-state index contributed by atoms with van der Waals surface area (Å²) >= 11 is 0. The molecule has 3 aliphatic rings. The third kappa shape index (κ3) is 5.25. The molecule has 2 fully saturated rings. The van der Waals surface area contributed by atoms with E-state index in [-0.39, 0.29) is 41.4 Å². The van der Waals surface area contributed by atoms with E-state index in [1.807, 2.05) is 13.0 Å². The maximum Gasteiger partial charge on any atom is 0.414 e. The maximum absolute atomic E-state index is 12.7. The molecule has 2 saturated carbocycles. The molecule has 7 atom stereocenters. The molecule has 0 radical (unpaired) electrons. The van der Waals surface area contributed by atoms with Crippen LogP contribution < -0.4 is 4.72 Å². The second-order valence-electron chi connectivity index (χ2n) is 12.2. The Morgan fingerprint density at radius 2 is 1.92 bits per heavy atom. The molecule has 0 amide bonds. The highest BCUT2D eigenvalue weighted by atomic mass is 32.2. The summed E-state index contributed by atoms with van der Waals surface area (Å²) < 4.78 is 72.1. The molecular formula is C28H40F3NO5S. The molecule has 6 nitrogen and oxygen atoms in total. The molecule has 0 heterocycles. The number of rotatable bonds is 9. The van der Waals surface area contributed by atoms with Crippen LogP contribution in [0.25, 0.3) is 0 Å². The molecule has 0 spiro atoms. The lowest BCUT2D eigenvalue weighted by molar-refractivity contribution is -0.205. The summed E-state index contributed by atoms with van der Waals surface area (Å²) in [5, 5.41) is 20.8. The van der Waals surface area contributed by atoms with E-state index >= 15 is 0 Å². The van der Waals surface area contributed by atoms with Gasteiger partial charge in [-0.2, -0.15) is 21.6 Å². The molecule has 0 aliphatic heterocycles. The lowest BCUT2D eigenvalue weighted by Crippen LogP contribution is -2.57. The quantitative estimate of drug-likeness (QED) is 0.165. The number of anilines is 1. The Bertz CT molecular complexity index is 1150. The fourth-order valence-corrected chi connectivity index (χ4v) is 8.66. The van der Waals surface area contributed by atoms with E-state index in [9.17, 15) is 36.4 Å². The number of hydrogen-bond donors (Lipinski definition) is 4. The van der Waals surface area contributed by atoms with Crippen molar-refractivity contribution in [2.24, 2.45) is 22.7 Å². The van der Waals surface area contributed by atoms with Crippen LogP contribution in [0.3, 0.4) is 0 Å². The molecule has 214 valence electrons. The molecule has 4 unspecified atom stereocenters. The molecule has 1 aromatic rings. The number of allylic oxidation sites excluding steroid dienone is 1. The van der Waals surface area contributed by atoms with E-state index in [4.69, 9.17) is 0 Å². The zero-order valence-electron chi connectivity index (χ0n) is 22.1. The zero-order chi connectivity index (χ0) is 28.1. The van der Waals surface area contributed by atoms with Crippen molar-refractivity contribution < 1.29 is 36.4 Å². The summed E-state index contributed by atoms with van der Waals surface area (Å²) in [4.78, 5) is 0. The van der Waals surface area contributed by atoms with Crippen LogP contribution in [-0.2, 0) is 16.7 Å². The van der Waals surface area contributed by atoms with Gasteiger partial charge in [-0.25, -0.2) is 0 Å². The first kappa shape index (κ1) is 29.4. The van der Waals surface area contributed by atoms with Crippen LogP contribution in [0.2, 0.25) is 0 Å². The van der Waals surface area contributed by atoms with E-state index in [0.717, 1.165) is 36.8 Å². The molecule has 4 N–H and O–H groups in total. The van der Waals surface area contributed by atoms with Crippen molar-refractivity contribution in [3.05, 3.63) is 42.0 Å². The van der Waals surface area contributed by atoms with Crippen LogP contribution in [-0.4, -0.2) is 41.1 Å². The van der Waals surface area contributed by atoms with Gasteiger partial charge in [-0.15, -0.1) is 6.58 Å². The highest BCUT2D eigenvalue weighted by Crippen LogP contribution is 2.71. The summed E-state index contributed by atoms with van der Waals surface area (Å²) in [6.45, 7) is 8.38. The normalized spacial score (nSPS) is 35.6. The monoisotopic (exact) mass is 559 g/mol. The minimum absolute atomic E-state index is 0.0799. The minimum Gasteiger partial charge on any atom is -0.390 e. The summed E-state index contributed by atoms with van der Waals surface area (Å²) in [5.41, 5.74) is 0.976. The van der Waals surface area contributed by atoms with Gasteiger partial charge in [0.25, 0.3) is 0 Å². The van der Waals surface area contributed by atoms with Crippen LogP contribution in [0.15, 0.2) is 30.9 Å². The van der Waals surface area contributed by atoms with Gasteiger partial charge in [-0.1, -0.05) is 38.3 Å². The first-order valence-corrected chi connectivity index (χ1v) is 15.0. The Morgan fingerprint density at radius 1 is 1.21 bits per heavy atom. The second-order valence-corrected chi connectivity index (χ2v) is 13.4. The van der Waals surface area contributed by atoms with Gasteiger partial charge >= 0.3 is 16.5 Å². The largest absolute Gasteiger partial charge is 0.414 e. The number of aliphatic hydroxyl groups excluding tert-OH is 1. The van der Waals surface area contributed by atoms with Crippen molar-refractivity contribution in [3.8, 4) is 0 Å². The van der Waals surface area contributed by atoms with Crippen molar-refractivity contribution in [1.29, 1.82) is 0 Å². The molecule has 4 rings (SSSR count). The number of unbranched alkanes of at least 4 members (excludes halogenated alkanes) is 2. The van der Waals surface area contributed by atoms with Crippen LogP contribution in [0, 0.1) is 22.7 Å². The summed E-state index contributed by atoms with van der Waals surface area (Å²) in [7, 11) is -4.40. The molecule has 0 bridgehead atoms. The smallest absolute Gasteiger partial charge is 0.390 e. The third-order valence-electron chi connectivity index (χ3n) is 10.2. The Balaban J connectivity index is 1.64. The number of halogens is 3. The second kappa shape index (κ2) is 10.1. The van der Waals surface area contributed by atoms with Gasteiger partial charge in [0.2, 0.25) is 0 Å². The van der Waals surface area contributed by atoms with Crippen LogP contribution in [0.1, 0.15) is 88.7 Å². The molecule has 1 aromatic carbocycles. The van der Waals surface area contributed by atoms with Gasteiger partial charge in [0.05, 0.1) is 11.3 Å². The van der Waals surface area contributed by atoms with E-state index < -0.39 is 28.2 Å². The fourth-order valence-electron chi connectivity index (χ4n) is 8.23. The standard InChI is InChI=1S/C28H40F3NO5S/c1-4-27-15-12-18-16-20(32-38(35,36)37)10-11-21(18)24(27)19(8-6-5-7-9-23(33)28(29,30)31)17-25(2)22(27)13-14-26(25,3)34/h4,10-11,16,19,22-24,32-34H,1,5-9,12-15,17H2,2-3H3,(H,35,36,37)/t19-,22?,23?,24?,25-,26-,27?/m0/s1. The number of hydrogen-bond acceptors (Lipinski definition) is 4. The summed E-state index contributed by atoms with van der Waals surface area (Å²) in [6, 6.07) is 5.34. The maximum atomic E-state index is 12.7. The fraction of sp³-hybridized carbons (Fsp3) is 0.714. The van der Waals surface area contributed by atoms with E-state index in [1.165, 1.54) is 0 Å². The van der Waals surface area contributed by atoms with Gasteiger partial charge in [0.15, 0.2) is 0 Å². The zero-order valence-corrected chi connectivity index (χ0v) is 22.9. The van der Waals surface area contributed by atoms with Crippen LogP contribution >= 0.6 is 0 Å². The van der Waals surface area contributed by atoms with E-state index in [1.54, 1.807) is 12.1 Å². The topological polar surface area (TPSA) is 107 Å². The average Bonchev–Trinajstić information content (AvgIpc) is 3.05. The number of aliphatic hydroxyl groups is 2. The summed E-state index contributed by atoms with van der Waals surface area (Å²) in [5.74, 6) is 0.441. The van der Waals surface area contributed by atoms with Gasteiger partial charge in [0, 0.05) is 0 Å². The molecule has 38 heavy (non-hydrogen) atoms. The predicted octanol–water partition coefficient (Wildman–Crippen LogP) is 6.16. The number of benzene rings is 1. The lowest BCUT2D eigenvalue weighted by Gasteiger charge is -2.61.